The predicted octanol–water partition coefficient (Wildman–Crippen LogP) is 2.24. The van der Waals surface area contributed by atoms with E-state index in [0.717, 1.165) is 40.6 Å². The van der Waals surface area contributed by atoms with E-state index < -0.39 is 0 Å². The minimum Gasteiger partial charge on any atom is -0.352 e. The number of amides is 1. The Bertz CT molecular complexity index is 1050. The summed E-state index contributed by atoms with van der Waals surface area (Å²) in [5.41, 5.74) is 2.72. The molecular weight excluding hydrogens is 352 g/mol. The number of rotatable bonds is 4. The number of fused-ring (bicyclic) bond motifs is 1. The van der Waals surface area contributed by atoms with E-state index in [-0.39, 0.29) is 23.3 Å². The lowest BCUT2D eigenvalue weighted by Crippen LogP contribution is -2.44. The number of hydrogen-bond donors (Lipinski definition) is 3. The van der Waals surface area contributed by atoms with E-state index in [9.17, 15) is 9.59 Å². The summed E-state index contributed by atoms with van der Waals surface area (Å²) < 4.78 is 0. The van der Waals surface area contributed by atoms with Crippen LogP contribution in [0.5, 0.6) is 0 Å². The monoisotopic (exact) mass is 376 g/mol. The van der Waals surface area contributed by atoms with E-state index >= 15 is 0 Å². The molecule has 1 aromatic carbocycles. The highest BCUT2D eigenvalue weighted by Gasteiger charge is 2.32. The Morgan fingerprint density at radius 3 is 3.04 bits per heavy atom. The molecule has 1 fully saturated rings. The Kier molecular flexibility index (Phi) is 5.21. The van der Waals surface area contributed by atoms with E-state index in [2.05, 4.69) is 20.6 Å². The van der Waals surface area contributed by atoms with E-state index in [1.165, 1.54) is 0 Å². The Morgan fingerprint density at radius 1 is 1.29 bits per heavy atom. The smallest absolute Gasteiger partial charge is 0.248 e. The van der Waals surface area contributed by atoms with Crippen molar-refractivity contribution in [2.24, 2.45) is 5.92 Å². The van der Waals surface area contributed by atoms with Crippen molar-refractivity contribution in [1.29, 1.82) is 0 Å². The summed E-state index contributed by atoms with van der Waals surface area (Å²) in [7, 11) is 0. The number of H-pyrrole nitrogens is 1. The van der Waals surface area contributed by atoms with Crippen LogP contribution >= 0.6 is 0 Å². The minimum absolute atomic E-state index is 0.0150. The Hall–Kier alpha value is -2.99. The van der Waals surface area contributed by atoms with Crippen molar-refractivity contribution < 1.29 is 4.79 Å². The van der Waals surface area contributed by atoms with Crippen LogP contribution < -0.4 is 16.2 Å². The fourth-order valence-corrected chi connectivity index (χ4v) is 4.11. The quantitative estimate of drug-likeness (QED) is 0.652. The van der Waals surface area contributed by atoms with Crippen LogP contribution in [0.25, 0.3) is 10.8 Å². The summed E-state index contributed by atoms with van der Waals surface area (Å²) >= 11 is 0. The van der Waals surface area contributed by atoms with Crippen LogP contribution in [0.1, 0.15) is 29.2 Å². The highest BCUT2D eigenvalue weighted by Crippen LogP contribution is 2.30. The van der Waals surface area contributed by atoms with Crippen molar-refractivity contribution in [3.8, 4) is 0 Å². The minimum atomic E-state index is -0.202. The van der Waals surface area contributed by atoms with Gasteiger partial charge >= 0.3 is 0 Å². The van der Waals surface area contributed by atoms with Gasteiger partial charge in [-0.05, 0) is 54.5 Å². The largest absolute Gasteiger partial charge is 0.352 e. The van der Waals surface area contributed by atoms with E-state index in [4.69, 9.17) is 0 Å². The molecule has 1 aliphatic rings. The molecule has 3 N–H and O–H groups in total. The van der Waals surface area contributed by atoms with Crippen molar-refractivity contribution in [2.75, 3.05) is 13.1 Å². The van der Waals surface area contributed by atoms with Gasteiger partial charge in [-0.2, -0.15) is 0 Å². The molecule has 144 valence electrons. The van der Waals surface area contributed by atoms with Gasteiger partial charge in [0.25, 0.3) is 0 Å². The average molecular weight is 376 g/mol. The van der Waals surface area contributed by atoms with Gasteiger partial charge in [0.05, 0.1) is 5.92 Å². The molecule has 0 saturated carbocycles. The maximum Gasteiger partial charge on any atom is 0.248 e. The first-order chi connectivity index (χ1) is 13.6. The fourth-order valence-electron chi connectivity index (χ4n) is 4.11. The standard InChI is InChI=1S/C22H24N4O2/c1-14-9-17(10-21(27)26-14)19-6-8-24-13-20(19)22(28)25-12-16-4-2-3-15-11-23-7-5-18(15)16/h2-5,7,9-11,19-20,24H,6,8,12-13H2,1H3,(H,25,28)(H,26,27). The predicted molar refractivity (Wildman–Crippen MR) is 109 cm³/mol. The molecule has 2 aromatic heterocycles. The molecule has 0 spiro atoms. The Labute approximate surface area is 163 Å². The lowest BCUT2D eigenvalue weighted by molar-refractivity contribution is -0.126. The van der Waals surface area contributed by atoms with Crippen molar-refractivity contribution in [2.45, 2.75) is 25.8 Å². The first kappa shape index (κ1) is 18.4. The lowest BCUT2D eigenvalue weighted by atomic mass is 9.80. The molecule has 3 heterocycles. The SMILES string of the molecule is Cc1cc(C2CCNCC2C(=O)NCc2cccc3cnccc23)cc(=O)[nH]1. The molecule has 1 amide bonds. The third-order valence-corrected chi connectivity index (χ3v) is 5.47. The number of piperidine rings is 1. The van der Waals surface area contributed by atoms with Crippen LogP contribution in [-0.4, -0.2) is 29.0 Å². The number of nitrogens with zero attached hydrogens (tertiary/aromatic N) is 1. The summed E-state index contributed by atoms with van der Waals surface area (Å²) in [4.78, 5) is 31.8. The normalized spacial score (nSPS) is 19.5. The first-order valence-corrected chi connectivity index (χ1v) is 9.63. The number of aryl methyl sites for hydroxylation is 1. The number of carbonyl (C=O) groups excluding carboxylic acids is 1. The molecule has 6 nitrogen and oxygen atoms in total. The zero-order valence-corrected chi connectivity index (χ0v) is 15.9. The second kappa shape index (κ2) is 7.94. The van der Waals surface area contributed by atoms with Crippen molar-refractivity contribution >= 4 is 16.7 Å². The molecule has 1 saturated heterocycles. The van der Waals surface area contributed by atoms with Crippen molar-refractivity contribution in [3.05, 3.63) is 76.0 Å². The molecule has 0 bridgehead atoms. The summed E-state index contributed by atoms with van der Waals surface area (Å²) in [6, 6.07) is 11.6. The molecule has 28 heavy (non-hydrogen) atoms. The number of nitrogens with one attached hydrogen (secondary N) is 3. The van der Waals surface area contributed by atoms with Gasteiger partial charge in [-0.25, -0.2) is 0 Å². The maximum absolute atomic E-state index is 13.0. The van der Waals surface area contributed by atoms with Crippen LogP contribution in [0.15, 0.2) is 53.6 Å². The molecule has 6 heteroatoms. The molecule has 0 radical (unpaired) electrons. The number of pyridine rings is 2. The van der Waals surface area contributed by atoms with Gasteiger partial charge in [0.2, 0.25) is 11.5 Å². The molecule has 1 aliphatic heterocycles. The number of aromatic amines is 1. The number of aromatic nitrogens is 2. The zero-order chi connectivity index (χ0) is 19.5. The second-order valence-corrected chi connectivity index (χ2v) is 7.40. The van der Waals surface area contributed by atoms with Gasteiger partial charge in [-0.1, -0.05) is 18.2 Å². The summed E-state index contributed by atoms with van der Waals surface area (Å²) in [6.07, 6.45) is 4.43. The Morgan fingerprint density at radius 2 is 2.18 bits per heavy atom. The average Bonchev–Trinajstić information content (AvgIpc) is 2.71. The molecule has 4 rings (SSSR count). The van der Waals surface area contributed by atoms with Gasteiger partial charge in [0.1, 0.15) is 0 Å². The maximum atomic E-state index is 13.0. The summed E-state index contributed by atoms with van der Waals surface area (Å²) in [5.74, 6) is -0.147. The Balaban J connectivity index is 1.53. The van der Waals surface area contributed by atoms with Crippen LogP contribution in [0.3, 0.4) is 0 Å². The molecule has 0 aliphatic carbocycles. The van der Waals surface area contributed by atoms with Gasteiger partial charge in [0, 0.05) is 42.6 Å². The number of benzene rings is 1. The fraction of sp³-hybridized carbons (Fsp3) is 0.318. The lowest BCUT2D eigenvalue weighted by Gasteiger charge is -2.31. The van der Waals surface area contributed by atoms with Crippen LogP contribution in [-0.2, 0) is 11.3 Å². The molecule has 2 atom stereocenters. The van der Waals surface area contributed by atoms with E-state index in [1.807, 2.05) is 43.5 Å². The molecular formula is C22H24N4O2. The number of hydrogen-bond acceptors (Lipinski definition) is 4. The molecule has 2 unspecified atom stereocenters. The third-order valence-electron chi connectivity index (χ3n) is 5.47. The highest BCUT2D eigenvalue weighted by molar-refractivity contribution is 5.86. The first-order valence-electron chi connectivity index (χ1n) is 9.63. The third kappa shape index (κ3) is 3.82. The van der Waals surface area contributed by atoms with Crippen LogP contribution in [0.4, 0.5) is 0 Å². The van der Waals surface area contributed by atoms with E-state index in [1.54, 1.807) is 12.3 Å². The van der Waals surface area contributed by atoms with Gasteiger partial charge < -0.3 is 15.6 Å². The van der Waals surface area contributed by atoms with Crippen molar-refractivity contribution in [3.63, 3.8) is 0 Å². The highest BCUT2D eigenvalue weighted by atomic mass is 16.2. The summed E-state index contributed by atoms with van der Waals surface area (Å²) in [5, 5.41) is 8.58. The second-order valence-electron chi connectivity index (χ2n) is 7.40. The van der Waals surface area contributed by atoms with E-state index in [0.29, 0.717) is 13.1 Å². The zero-order valence-electron chi connectivity index (χ0n) is 15.9. The summed E-state index contributed by atoms with van der Waals surface area (Å²) in [6.45, 7) is 3.80. The topological polar surface area (TPSA) is 86.9 Å². The molecule has 3 aromatic rings. The van der Waals surface area contributed by atoms with Crippen LogP contribution in [0, 0.1) is 12.8 Å². The van der Waals surface area contributed by atoms with Crippen molar-refractivity contribution in [1.82, 2.24) is 20.6 Å². The van der Waals surface area contributed by atoms with Crippen LogP contribution in [0.2, 0.25) is 0 Å². The van der Waals surface area contributed by atoms with Gasteiger partial charge in [-0.3, -0.25) is 14.6 Å². The number of carbonyl (C=O) groups is 1. The van der Waals surface area contributed by atoms with Gasteiger partial charge in [0.15, 0.2) is 0 Å². The van der Waals surface area contributed by atoms with Gasteiger partial charge in [-0.15, -0.1) is 0 Å².